The molecule has 2 atom stereocenters. The average Bonchev–Trinajstić information content (AvgIpc) is 2.88. The minimum absolute atomic E-state index is 0.221. The molecule has 0 aromatic heterocycles. The van der Waals surface area contributed by atoms with Gasteiger partial charge in [-0.15, -0.1) is 0 Å². The van der Waals surface area contributed by atoms with Crippen molar-refractivity contribution in [3.8, 4) is 0 Å². The molecule has 44 heavy (non-hydrogen) atoms. The third-order valence-corrected chi connectivity index (χ3v) is 7.43. The van der Waals surface area contributed by atoms with Crippen LogP contribution in [-0.4, -0.2) is 158 Å². The molecule has 254 valence electrons. The van der Waals surface area contributed by atoms with Crippen molar-refractivity contribution in [3.05, 3.63) is 0 Å². The van der Waals surface area contributed by atoms with Crippen molar-refractivity contribution in [1.29, 1.82) is 0 Å². The minimum Gasteiger partial charge on any atom is -0.467 e. The first-order valence-electron chi connectivity index (χ1n) is 15.3. The number of ether oxygens (including phenoxy) is 3. The van der Waals surface area contributed by atoms with Gasteiger partial charge in [-0.25, -0.2) is 23.2 Å². The lowest BCUT2D eigenvalue weighted by atomic mass is 9.88. The number of carbonyl (C=O) groups excluding carboxylic acids is 4. The van der Waals surface area contributed by atoms with Gasteiger partial charge in [0, 0.05) is 73.0 Å². The highest BCUT2D eigenvalue weighted by molar-refractivity contribution is 5.90. The fraction of sp³-hybridized carbons (Fsp3) is 0.867. The molecule has 3 saturated heterocycles. The summed E-state index contributed by atoms with van der Waals surface area (Å²) in [5.41, 5.74) is -1.18. The van der Waals surface area contributed by atoms with Crippen molar-refractivity contribution < 1.29 is 42.2 Å². The minimum atomic E-state index is -1.01. The maximum atomic E-state index is 13.0. The van der Waals surface area contributed by atoms with Gasteiger partial charge in [0.25, 0.3) is 0 Å². The third kappa shape index (κ3) is 12.0. The normalized spacial score (nSPS) is 21.7. The Kier molecular flexibility index (Phi) is 13.6. The van der Waals surface area contributed by atoms with Gasteiger partial charge < -0.3 is 24.0 Å². The highest BCUT2D eigenvalue weighted by Crippen LogP contribution is 2.28. The van der Waals surface area contributed by atoms with Crippen LogP contribution >= 0.6 is 0 Å². The van der Waals surface area contributed by atoms with Gasteiger partial charge in [-0.05, 0) is 54.4 Å². The van der Waals surface area contributed by atoms with Crippen LogP contribution in [0.3, 0.4) is 0 Å². The summed E-state index contributed by atoms with van der Waals surface area (Å²) >= 11 is 0. The Bertz CT molecular complexity index is 978. The number of nitrogens with zero attached hydrogens (tertiary/aromatic N) is 5. The molecule has 0 N–H and O–H groups in total. The highest BCUT2D eigenvalue weighted by Gasteiger charge is 2.46. The van der Waals surface area contributed by atoms with Crippen LogP contribution in [-0.2, 0) is 23.8 Å². The number of carbonyl (C=O) groups is 4. The van der Waals surface area contributed by atoms with E-state index in [0.717, 1.165) is 0 Å². The molecule has 0 spiro atoms. The second-order valence-corrected chi connectivity index (χ2v) is 13.8. The van der Waals surface area contributed by atoms with Gasteiger partial charge in [0.15, 0.2) is 0 Å². The molecule has 3 fully saturated rings. The van der Waals surface area contributed by atoms with Gasteiger partial charge in [-0.2, -0.15) is 0 Å². The lowest BCUT2D eigenvalue weighted by molar-refractivity contribution is -0.156. The topological polar surface area (TPSA) is 112 Å². The van der Waals surface area contributed by atoms with Gasteiger partial charge in [0.1, 0.15) is 29.6 Å². The second kappa shape index (κ2) is 16.0. The molecule has 3 rings (SSSR count). The summed E-state index contributed by atoms with van der Waals surface area (Å²) in [6.45, 7) is 15.1. The number of amides is 3. The van der Waals surface area contributed by atoms with Crippen molar-refractivity contribution >= 4 is 24.1 Å². The molecule has 0 aromatic carbocycles. The summed E-state index contributed by atoms with van der Waals surface area (Å²) < 4.78 is 41.0. The molecular formula is C30H53F2N5O7. The SMILES string of the molecule is CN(CCN1CC(F)C1)C(=O)OC(C)(C)C.COC(=O)[C@H]1[C@@H](C(=O)N(C)CCN2CC(F)C2)CCCN1C(=O)OC(C)(C)C. The number of hydrogen-bond donors (Lipinski definition) is 0. The zero-order valence-corrected chi connectivity index (χ0v) is 27.9. The number of likely N-dealkylation sites (tertiary alicyclic amines) is 3. The summed E-state index contributed by atoms with van der Waals surface area (Å²) in [7, 11) is 4.60. The summed E-state index contributed by atoms with van der Waals surface area (Å²) in [5.74, 6) is -1.54. The molecule has 3 heterocycles. The summed E-state index contributed by atoms with van der Waals surface area (Å²) in [5, 5.41) is 0. The van der Waals surface area contributed by atoms with Crippen molar-refractivity contribution in [2.75, 3.05) is 80.1 Å². The predicted octanol–water partition coefficient (Wildman–Crippen LogP) is 2.79. The largest absolute Gasteiger partial charge is 0.467 e. The maximum Gasteiger partial charge on any atom is 0.411 e. The fourth-order valence-electron chi connectivity index (χ4n) is 4.98. The molecule has 0 aliphatic carbocycles. The van der Waals surface area contributed by atoms with E-state index in [1.807, 2.05) is 30.6 Å². The Morgan fingerprint density at radius 3 is 1.70 bits per heavy atom. The molecule has 0 unspecified atom stereocenters. The van der Waals surface area contributed by atoms with Gasteiger partial charge in [0.05, 0.1) is 13.0 Å². The van der Waals surface area contributed by atoms with E-state index in [1.54, 1.807) is 39.8 Å². The predicted molar refractivity (Wildman–Crippen MR) is 161 cm³/mol. The van der Waals surface area contributed by atoms with Gasteiger partial charge >= 0.3 is 18.2 Å². The Labute approximate surface area is 260 Å². The first-order chi connectivity index (χ1) is 20.3. The number of hydrogen-bond acceptors (Lipinski definition) is 9. The summed E-state index contributed by atoms with van der Waals surface area (Å²) in [4.78, 5) is 57.9. The van der Waals surface area contributed by atoms with Crippen LogP contribution in [0.4, 0.5) is 18.4 Å². The van der Waals surface area contributed by atoms with Crippen LogP contribution in [0.25, 0.3) is 0 Å². The molecule has 0 saturated carbocycles. The molecule has 14 heteroatoms. The number of alkyl halides is 2. The van der Waals surface area contributed by atoms with Crippen molar-refractivity contribution in [2.45, 2.75) is 84.0 Å². The van der Waals surface area contributed by atoms with Crippen LogP contribution in [0, 0.1) is 5.92 Å². The Balaban J connectivity index is 0.000000358. The lowest BCUT2D eigenvalue weighted by Crippen LogP contribution is -2.58. The molecule has 3 amide bonds. The molecule has 3 aliphatic heterocycles. The van der Waals surface area contributed by atoms with Crippen LogP contribution in [0.2, 0.25) is 0 Å². The summed E-state index contributed by atoms with van der Waals surface area (Å²) in [6, 6.07) is -1.01. The van der Waals surface area contributed by atoms with E-state index in [-0.39, 0.29) is 12.0 Å². The molecular weight excluding hydrogens is 580 g/mol. The van der Waals surface area contributed by atoms with Gasteiger partial charge in [-0.3, -0.25) is 19.5 Å². The van der Waals surface area contributed by atoms with E-state index in [0.29, 0.717) is 71.7 Å². The van der Waals surface area contributed by atoms with Crippen LogP contribution < -0.4 is 0 Å². The van der Waals surface area contributed by atoms with Crippen molar-refractivity contribution in [1.82, 2.24) is 24.5 Å². The number of piperidine rings is 1. The zero-order chi connectivity index (χ0) is 33.4. The number of likely N-dealkylation sites (N-methyl/N-ethyl adjacent to an activating group) is 2. The van der Waals surface area contributed by atoms with E-state index >= 15 is 0 Å². The smallest absolute Gasteiger partial charge is 0.411 e. The molecule has 0 aromatic rings. The quantitative estimate of drug-likeness (QED) is 0.294. The second-order valence-electron chi connectivity index (χ2n) is 13.8. The third-order valence-electron chi connectivity index (χ3n) is 7.43. The van der Waals surface area contributed by atoms with Gasteiger partial charge in [-0.1, -0.05) is 0 Å². The van der Waals surface area contributed by atoms with E-state index < -0.39 is 47.6 Å². The highest BCUT2D eigenvalue weighted by atomic mass is 19.1. The number of rotatable bonds is 8. The first-order valence-corrected chi connectivity index (χ1v) is 15.3. The molecule has 0 radical (unpaired) electrons. The van der Waals surface area contributed by atoms with E-state index in [2.05, 4.69) is 0 Å². The lowest BCUT2D eigenvalue weighted by Gasteiger charge is -2.40. The Morgan fingerprint density at radius 2 is 1.27 bits per heavy atom. The number of halogens is 2. The molecule has 3 aliphatic rings. The maximum absolute atomic E-state index is 13.0. The van der Waals surface area contributed by atoms with Crippen LogP contribution in [0.5, 0.6) is 0 Å². The number of esters is 1. The standard InChI is InChI=1S/C19H32FN3O5.C11H21FN2O2/c1-19(2,3)28-18(26)23-8-6-7-14(15(23)17(25)27-5)16(24)21(4)9-10-22-11-13(20)12-22;1-11(2,3)16-10(15)13(4)5-6-14-7-9(12)8-14/h13-15H,6-12H2,1-5H3;9H,5-8H2,1-4H3/t14-,15+;/m0./s1. The van der Waals surface area contributed by atoms with Crippen molar-refractivity contribution in [3.63, 3.8) is 0 Å². The van der Waals surface area contributed by atoms with E-state index in [4.69, 9.17) is 14.2 Å². The van der Waals surface area contributed by atoms with E-state index in [9.17, 15) is 28.0 Å². The van der Waals surface area contributed by atoms with Gasteiger partial charge in [0.2, 0.25) is 5.91 Å². The van der Waals surface area contributed by atoms with Crippen LogP contribution in [0.1, 0.15) is 54.4 Å². The first kappa shape index (κ1) is 37.4. The van der Waals surface area contributed by atoms with Crippen LogP contribution in [0.15, 0.2) is 0 Å². The Hall–Kier alpha value is -2.74. The number of methoxy groups -OCH3 is 1. The van der Waals surface area contributed by atoms with Crippen molar-refractivity contribution in [2.24, 2.45) is 5.92 Å². The van der Waals surface area contributed by atoms with E-state index in [1.165, 1.54) is 16.9 Å². The summed E-state index contributed by atoms with van der Waals surface area (Å²) in [6.07, 6.45) is -1.36. The monoisotopic (exact) mass is 633 g/mol. The fourth-order valence-corrected chi connectivity index (χ4v) is 4.98. The Morgan fingerprint density at radius 1 is 0.795 bits per heavy atom. The molecule has 12 nitrogen and oxygen atoms in total. The molecule has 0 bridgehead atoms. The zero-order valence-electron chi connectivity index (χ0n) is 27.9. The average molecular weight is 634 g/mol.